The fourth-order valence-corrected chi connectivity index (χ4v) is 4.21. The van der Waals surface area contributed by atoms with Crippen molar-refractivity contribution in [1.82, 2.24) is 20.1 Å². The molecule has 172 valence electrons. The van der Waals surface area contributed by atoms with E-state index in [1.54, 1.807) is 30.3 Å². The molecule has 0 atom stereocenters. The molecule has 0 aliphatic rings. The number of thioether (sulfide) groups is 1. The van der Waals surface area contributed by atoms with E-state index >= 15 is 0 Å². The molecule has 0 unspecified atom stereocenters. The molecule has 2 amide bonds. The maximum absolute atomic E-state index is 12.4. The maximum atomic E-state index is 12.4. The summed E-state index contributed by atoms with van der Waals surface area (Å²) in [4.78, 5) is 24.5. The molecule has 1 aromatic heterocycles. The molecule has 0 aliphatic carbocycles. The Bertz CT molecular complexity index is 1180. The van der Waals surface area contributed by atoms with Crippen LogP contribution in [0.4, 0.5) is 5.69 Å². The quantitative estimate of drug-likeness (QED) is 0.317. The molecular weight excluding hydrogens is 481 g/mol. The van der Waals surface area contributed by atoms with Crippen LogP contribution in [0.15, 0.2) is 53.7 Å². The van der Waals surface area contributed by atoms with Gasteiger partial charge < -0.3 is 15.2 Å². The average molecular weight is 504 g/mol. The predicted octanol–water partition coefficient (Wildman–Crippen LogP) is 4.97. The van der Waals surface area contributed by atoms with Crippen molar-refractivity contribution in [1.29, 1.82) is 0 Å². The molecule has 10 heteroatoms. The van der Waals surface area contributed by atoms with Crippen LogP contribution in [-0.2, 0) is 22.7 Å². The zero-order valence-electron chi connectivity index (χ0n) is 18.1. The van der Waals surface area contributed by atoms with Crippen LogP contribution in [0.25, 0.3) is 6.08 Å². The Balaban J connectivity index is 1.54. The summed E-state index contributed by atoms with van der Waals surface area (Å²) in [5.41, 5.74) is 2.37. The fourth-order valence-electron chi connectivity index (χ4n) is 2.96. The zero-order chi connectivity index (χ0) is 23.8. The smallest absolute Gasteiger partial charge is 0.244 e. The number of halogens is 2. The Morgan fingerprint density at radius 3 is 2.67 bits per heavy atom. The van der Waals surface area contributed by atoms with E-state index in [1.807, 2.05) is 36.6 Å². The Kier molecular flexibility index (Phi) is 8.94. The lowest BCUT2D eigenvalue weighted by atomic mass is 10.2. The highest BCUT2D eigenvalue weighted by atomic mass is 35.5. The number of anilines is 1. The van der Waals surface area contributed by atoms with Gasteiger partial charge in [-0.2, -0.15) is 0 Å². The van der Waals surface area contributed by atoms with E-state index in [1.165, 1.54) is 17.8 Å². The number of hydrogen-bond donors (Lipinski definition) is 2. The van der Waals surface area contributed by atoms with Gasteiger partial charge in [-0.05, 0) is 55.3 Å². The Morgan fingerprint density at radius 1 is 1.15 bits per heavy atom. The second kappa shape index (κ2) is 11.9. The molecule has 1 heterocycles. The summed E-state index contributed by atoms with van der Waals surface area (Å²) in [6.07, 6.45) is 3.08. The lowest BCUT2D eigenvalue weighted by Gasteiger charge is -2.09. The number of aryl methyl sites for hydroxylation is 1. The van der Waals surface area contributed by atoms with Crippen molar-refractivity contribution in [3.05, 3.63) is 75.5 Å². The van der Waals surface area contributed by atoms with Crippen LogP contribution in [-0.4, -0.2) is 32.3 Å². The number of nitrogens with zero attached hydrogens (tertiary/aromatic N) is 3. The van der Waals surface area contributed by atoms with Crippen molar-refractivity contribution in [2.24, 2.45) is 0 Å². The third kappa shape index (κ3) is 7.08. The van der Waals surface area contributed by atoms with Crippen LogP contribution in [0, 0.1) is 6.92 Å². The first-order valence-electron chi connectivity index (χ1n) is 10.2. The molecule has 0 radical (unpaired) electrons. The number of aromatic nitrogens is 3. The molecule has 0 saturated carbocycles. The van der Waals surface area contributed by atoms with Crippen LogP contribution in [0.2, 0.25) is 10.0 Å². The normalized spacial score (nSPS) is 11.0. The van der Waals surface area contributed by atoms with Crippen molar-refractivity contribution in [3.63, 3.8) is 0 Å². The molecule has 33 heavy (non-hydrogen) atoms. The topological polar surface area (TPSA) is 88.9 Å². The number of carbonyl (C=O) groups is 2. The average Bonchev–Trinajstić information content (AvgIpc) is 3.19. The fraction of sp³-hybridized carbons (Fsp3) is 0.217. The van der Waals surface area contributed by atoms with Crippen molar-refractivity contribution in [2.75, 3.05) is 11.1 Å². The van der Waals surface area contributed by atoms with Crippen molar-refractivity contribution >= 4 is 58.5 Å². The molecule has 0 aliphatic heterocycles. The van der Waals surface area contributed by atoms with Crippen LogP contribution in [0.3, 0.4) is 0 Å². The maximum Gasteiger partial charge on any atom is 0.244 e. The summed E-state index contributed by atoms with van der Waals surface area (Å²) in [6, 6.07) is 12.6. The third-order valence-electron chi connectivity index (χ3n) is 4.64. The Morgan fingerprint density at radius 2 is 1.94 bits per heavy atom. The first-order chi connectivity index (χ1) is 15.9. The molecular formula is C23H23Cl2N5O2S. The van der Waals surface area contributed by atoms with E-state index in [9.17, 15) is 9.59 Å². The second-order valence-corrected chi connectivity index (χ2v) is 8.80. The summed E-state index contributed by atoms with van der Waals surface area (Å²) >= 11 is 13.3. The van der Waals surface area contributed by atoms with Gasteiger partial charge in [0.05, 0.1) is 12.3 Å². The van der Waals surface area contributed by atoms with Gasteiger partial charge in [0.2, 0.25) is 11.8 Å². The molecule has 0 saturated heterocycles. The van der Waals surface area contributed by atoms with Crippen molar-refractivity contribution in [3.8, 4) is 0 Å². The molecule has 3 rings (SSSR count). The highest BCUT2D eigenvalue weighted by Crippen LogP contribution is 2.21. The monoisotopic (exact) mass is 503 g/mol. The van der Waals surface area contributed by atoms with Crippen LogP contribution < -0.4 is 10.6 Å². The molecule has 2 aromatic carbocycles. The van der Waals surface area contributed by atoms with Gasteiger partial charge in [-0.3, -0.25) is 9.59 Å². The first kappa shape index (κ1) is 24.8. The number of carbonyl (C=O) groups excluding carboxylic acids is 2. The standard InChI is InChI=1S/C23H23Cl2N5O2S/c1-3-30-20(13-26-21(31)11-8-16-6-4-5-7-18(16)25)28-29-23(30)33-14-22(32)27-19-10-9-17(24)12-15(19)2/h4-12H,3,13-14H2,1-2H3,(H,26,31)(H,27,32)/b11-8+. The first-order valence-corrected chi connectivity index (χ1v) is 11.9. The molecule has 0 fully saturated rings. The lowest BCUT2D eigenvalue weighted by Crippen LogP contribution is -2.22. The third-order valence-corrected chi connectivity index (χ3v) is 6.19. The summed E-state index contributed by atoms with van der Waals surface area (Å²) in [5, 5.41) is 15.8. The van der Waals surface area contributed by atoms with Gasteiger partial charge in [0, 0.05) is 28.4 Å². The Hall–Kier alpha value is -2.81. The van der Waals surface area contributed by atoms with Gasteiger partial charge in [0.25, 0.3) is 0 Å². The number of nitrogens with one attached hydrogen (secondary N) is 2. The molecule has 0 spiro atoms. The number of rotatable bonds is 9. The molecule has 3 aromatic rings. The predicted molar refractivity (Wildman–Crippen MR) is 134 cm³/mol. The Labute approximate surface area is 206 Å². The van der Waals surface area contributed by atoms with Crippen molar-refractivity contribution in [2.45, 2.75) is 32.1 Å². The number of amides is 2. The summed E-state index contributed by atoms with van der Waals surface area (Å²) < 4.78 is 1.86. The minimum atomic E-state index is -0.271. The van der Waals surface area contributed by atoms with Crippen LogP contribution in [0.1, 0.15) is 23.9 Å². The lowest BCUT2D eigenvalue weighted by molar-refractivity contribution is -0.116. The molecule has 0 bridgehead atoms. The highest BCUT2D eigenvalue weighted by molar-refractivity contribution is 7.99. The summed E-state index contributed by atoms with van der Waals surface area (Å²) in [6.45, 7) is 4.65. The van der Waals surface area contributed by atoms with E-state index in [-0.39, 0.29) is 24.1 Å². The summed E-state index contributed by atoms with van der Waals surface area (Å²) in [5.74, 6) is 0.351. The van der Waals surface area contributed by atoms with Crippen LogP contribution >= 0.6 is 35.0 Å². The number of benzene rings is 2. The molecule has 7 nitrogen and oxygen atoms in total. The number of hydrogen-bond acceptors (Lipinski definition) is 5. The minimum Gasteiger partial charge on any atom is -0.345 e. The second-order valence-electron chi connectivity index (χ2n) is 7.01. The highest BCUT2D eigenvalue weighted by Gasteiger charge is 2.14. The zero-order valence-corrected chi connectivity index (χ0v) is 20.5. The summed E-state index contributed by atoms with van der Waals surface area (Å²) in [7, 11) is 0. The van der Waals surface area contributed by atoms with Gasteiger partial charge in [-0.15, -0.1) is 10.2 Å². The molecule has 2 N–H and O–H groups in total. The van der Waals surface area contributed by atoms with E-state index in [2.05, 4.69) is 20.8 Å². The van der Waals surface area contributed by atoms with Crippen molar-refractivity contribution < 1.29 is 9.59 Å². The van der Waals surface area contributed by atoms with E-state index in [0.29, 0.717) is 27.6 Å². The largest absolute Gasteiger partial charge is 0.345 e. The van der Waals surface area contributed by atoms with Gasteiger partial charge in [-0.1, -0.05) is 53.2 Å². The van der Waals surface area contributed by atoms with Gasteiger partial charge >= 0.3 is 0 Å². The van der Waals surface area contributed by atoms with E-state index in [4.69, 9.17) is 23.2 Å². The minimum absolute atomic E-state index is 0.157. The van der Waals surface area contributed by atoms with E-state index in [0.717, 1.165) is 16.8 Å². The van der Waals surface area contributed by atoms with E-state index < -0.39 is 0 Å². The SMILES string of the molecule is CCn1c(CNC(=O)/C=C/c2ccccc2Cl)nnc1SCC(=O)Nc1ccc(Cl)cc1C. The van der Waals surface area contributed by atoms with Gasteiger partial charge in [0.15, 0.2) is 11.0 Å². The van der Waals surface area contributed by atoms with Gasteiger partial charge in [0.1, 0.15) is 0 Å². The van der Waals surface area contributed by atoms with Gasteiger partial charge in [-0.25, -0.2) is 0 Å². The van der Waals surface area contributed by atoms with Crippen LogP contribution in [0.5, 0.6) is 0 Å².